The molecule has 0 aromatic heterocycles. The van der Waals surface area contributed by atoms with Gasteiger partial charge in [0.05, 0.1) is 0 Å². The number of carboxylic acid groups (broad SMARTS) is 1. The van der Waals surface area contributed by atoms with Gasteiger partial charge in [0.1, 0.15) is 0 Å². The quantitative estimate of drug-likeness (QED) is 0.738. The second kappa shape index (κ2) is 3.40. The summed E-state index contributed by atoms with van der Waals surface area (Å²) in [6.07, 6.45) is -4.59. The average Bonchev–Trinajstić information content (AvgIpc) is 2.49. The molecular weight excluding hydrogens is 233 g/mol. The lowest BCUT2D eigenvalue weighted by Crippen LogP contribution is -2.26. The van der Waals surface area contributed by atoms with Crippen LogP contribution in [-0.2, 0) is 4.79 Å². The van der Waals surface area contributed by atoms with Crippen molar-refractivity contribution in [3.63, 3.8) is 0 Å². The van der Waals surface area contributed by atoms with Crippen LogP contribution in [-0.4, -0.2) is 12.1 Å². The van der Waals surface area contributed by atoms with Crippen LogP contribution in [0.25, 0.3) is 0 Å². The Kier molecular flexibility index (Phi) is 2.80. The number of carboxylic acids is 1. The molecule has 1 rings (SSSR count). The Morgan fingerprint density at radius 3 is 2.13 bits per heavy atom. The van der Waals surface area contributed by atoms with E-state index in [1.54, 1.807) is 13.8 Å². The monoisotopic (exact) mass is 241 g/mol. The molecule has 0 heterocycles. The number of aliphatic carboxylic acids is 1. The Morgan fingerprint density at radius 2 is 1.87 bits per heavy atom. The fourth-order valence-electron chi connectivity index (χ4n) is 1.84. The fraction of sp³-hybridized carbons (Fsp3) is 0.667. The molecule has 0 N–H and O–H groups in total. The number of hydrogen-bond acceptors (Lipinski definition) is 2. The molecule has 0 radical (unpaired) electrons. The number of alkyl halides is 3. The van der Waals surface area contributed by atoms with Crippen LogP contribution in [0.3, 0.4) is 0 Å². The second-order valence-corrected chi connectivity index (χ2v) is 4.60. The van der Waals surface area contributed by atoms with E-state index in [9.17, 15) is 23.1 Å². The highest BCUT2D eigenvalue weighted by Gasteiger charge is 2.60. The zero-order chi connectivity index (χ0) is 12.0. The fourth-order valence-corrected chi connectivity index (χ4v) is 2.37. The van der Waals surface area contributed by atoms with Gasteiger partial charge in [-0.15, -0.1) is 0 Å². The van der Waals surface area contributed by atoms with Gasteiger partial charge in [0, 0.05) is 28.9 Å². The van der Waals surface area contributed by atoms with Gasteiger partial charge in [-0.3, -0.25) is 0 Å². The smallest absolute Gasteiger partial charge is 0.410 e. The largest absolute Gasteiger partial charge is 0.550 e. The lowest BCUT2D eigenvalue weighted by molar-refractivity contribution is -0.309. The Balaban J connectivity index is 2.85. The Labute approximate surface area is 89.7 Å². The standard InChI is InChI=1S/C9H10ClF3O2/c1-8(2)5(6(8)7(14)15)4(10)3-9(11,12)13/h3,5-6H,1-2H3,(H,14,15)/p-1/b4-3-. The highest BCUT2D eigenvalue weighted by molar-refractivity contribution is 6.30. The van der Waals surface area contributed by atoms with Crippen LogP contribution in [0.5, 0.6) is 0 Å². The molecule has 15 heavy (non-hydrogen) atoms. The summed E-state index contributed by atoms with van der Waals surface area (Å²) in [7, 11) is 0. The predicted molar refractivity (Wildman–Crippen MR) is 45.8 cm³/mol. The first-order valence-electron chi connectivity index (χ1n) is 4.23. The molecule has 1 saturated carbocycles. The molecule has 1 aliphatic rings. The van der Waals surface area contributed by atoms with E-state index >= 15 is 0 Å². The summed E-state index contributed by atoms with van der Waals surface area (Å²) in [5.74, 6) is -3.10. The van der Waals surface area contributed by atoms with Crippen molar-refractivity contribution in [3.05, 3.63) is 11.1 Å². The van der Waals surface area contributed by atoms with Crippen LogP contribution in [0.15, 0.2) is 11.1 Å². The van der Waals surface area contributed by atoms with Gasteiger partial charge in [0.15, 0.2) is 0 Å². The lowest BCUT2D eigenvalue weighted by Gasteiger charge is -2.03. The van der Waals surface area contributed by atoms with Crippen LogP contribution >= 0.6 is 11.6 Å². The zero-order valence-electron chi connectivity index (χ0n) is 8.06. The summed E-state index contributed by atoms with van der Waals surface area (Å²) < 4.78 is 35.9. The molecule has 86 valence electrons. The van der Waals surface area contributed by atoms with Crippen molar-refractivity contribution >= 4 is 17.6 Å². The van der Waals surface area contributed by atoms with Gasteiger partial charge in [-0.2, -0.15) is 13.2 Å². The molecule has 0 aromatic rings. The van der Waals surface area contributed by atoms with Crippen LogP contribution in [0, 0.1) is 17.3 Å². The maximum atomic E-state index is 12.0. The normalized spacial score (nSPS) is 30.1. The van der Waals surface area contributed by atoms with E-state index in [0.717, 1.165) is 0 Å². The molecular formula is C9H9ClF3O2-. The minimum absolute atomic E-state index is 0.0656. The average molecular weight is 242 g/mol. The molecule has 1 aliphatic carbocycles. The molecule has 6 heteroatoms. The van der Waals surface area contributed by atoms with E-state index in [4.69, 9.17) is 11.6 Å². The molecule has 0 aliphatic heterocycles. The first kappa shape index (κ1) is 12.4. The summed E-state index contributed by atoms with van der Waals surface area (Å²) in [6.45, 7) is 3.09. The Hall–Kier alpha value is -0.710. The zero-order valence-corrected chi connectivity index (χ0v) is 8.82. The number of carbonyl (C=O) groups is 1. The minimum Gasteiger partial charge on any atom is -0.550 e. The van der Waals surface area contributed by atoms with Crippen molar-refractivity contribution < 1.29 is 23.1 Å². The number of halogens is 4. The number of rotatable bonds is 2. The van der Waals surface area contributed by atoms with E-state index in [1.807, 2.05) is 0 Å². The maximum absolute atomic E-state index is 12.0. The molecule has 0 aromatic carbocycles. The third kappa shape index (κ3) is 2.45. The number of hydrogen-bond donors (Lipinski definition) is 0. The topological polar surface area (TPSA) is 40.1 Å². The van der Waals surface area contributed by atoms with E-state index < -0.39 is 34.4 Å². The molecule has 2 atom stereocenters. The Bertz CT molecular complexity index is 320. The van der Waals surface area contributed by atoms with Crippen LogP contribution in [0.2, 0.25) is 0 Å². The lowest BCUT2D eigenvalue weighted by atomic mass is 10.1. The maximum Gasteiger partial charge on any atom is 0.410 e. The van der Waals surface area contributed by atoms with Crippen molar-refractivity contribution in [2.75, 3.05) is 0 Å². The third-order valence-electron chi connectivity index (χ3n) is 2.68. The van der Waals surface area contributed by atoms with Gasteiger partial charge in [-0.1, -0.05) is 25.4 Å². The van der Waals surface area contributed by atoms with Crippen molar-refractivity contribution in [1.29, 1.82) is 0 Å². The molecule has 1 fully saturated rings. The summed E-state index contributed by atoms with van der Waals surface area (Å²) in [6, 6.07) is 0. The van der Waals surface area contributed by atoms with Crippen molar-refractivity contribution in [2.45, 2.75) is 20.0 Å². The summed E-state index contributed by atoms with van der Waals surface area (Å²) in [5.41, 5.74) is -0.766. The van der Waals surface area contributed by atoms with Gasteiger partial charge in [0.25, 0.3) is 0 Å². The molecule has 2 nitrogen and oxygen atoms in total. The van der Waals surface area contributed by atoms with Crippen molar-refractivity contribution in [1.82, 2.24) is 0 Å². The molecule has 0 saturated heterocycles. The van der Waals surface area contributed by atoms with E-state index in [1.165, 1.54) is 0 Å². The van der Waals surface area contributed by atoms with E-state index in [0.29, 0.717) is 0 Å². The molecule has 0 bridgehead atoms. The second-order valence-electron chi connectivity index (χ2n) is 4.17. The van der Waals surface area contributed by atoms with Gasteiger partial charge in [-0.05, 0) is 5.41 Å². The van der Waals surface area contributed by atoms with Crippen LogP contribution < -0.4 is 5.11 Å². The minimum atomic E-state index is -4.52. The summed E-state index contributed by atoms with van der Waals surface area (Å²) >= 11 is 5.44. The number of carbonyl (C=O) groups excluding carboxylic acids is 1. The van der Waals surface area contributed by atoms with Crippen LogP contribution in [0.4, 0.5) is 13.2 Å². The molecule has 0 amide bonds. The summed E-state index contributed by atoms with van der Waals surface area (Å²) in [4.78, 5) is 10.6. The SMILES string of the molecule is CC1(C)C(C(=O)[O-])C1/C(Cl)=C/C(F)(F)F. The third-order valence-corrected chi connectivity index (χ3v) is 3.02. The number of allylic oxidation sites excluding steroid dienone is 2. The van der Waals surface area contributed by atoms with Crippen LogP contribution in [0.1, 0.15) is 13.8 Å². The van der Waals surface area contributed by atoms with Gasteiger partial charge >= 0.3 is 6.18 Å². The van der Waals surface area contributed by atoms with Gasteiger partial charge in [0.2, 0.25) is 0 Å². The predicted octanol–water partition coefficient (Wildman–Crippen LogP) is 1.69. The summed E-state index contributed by atoms with van der Waals surface area (Å²) in [5, 5.41) is 10.1. The van der Waals surface area contributed by atoms with Crippen molar-refractivity contribution in [2.24, 2.45) is 17.3 Å². The first-order valence-corrected chi connectivity index (χ1v) is 4.61. The first-order chi connectivity index (χ1) is 6.57. The van der Waals surface area contributed by atoms with Gasteiger partial charge < -0.3 is 9.90 Å². The molecule has 2 unspecified atom stereocenters. The highest BCUT2D eigenvalue weighted by Crippen LogP contribution is 2.62. The molecule has 0 spiro atoms. The Morgan fingerprint density at radius 1 is 1.40 bits per heavy atom. The van der Waals surface area contributed by atoms with Crippen molar-refractivity contribution in [3.8, 4) is 0 Å². The highest BCUT2D eigenvalue weighted by atomic mass is 35.5. The van der Waals surface area contributed by atoms with E-state index in [2.05, 4.69) is 0 Å². The van der Waals surface area contributed by atoms with Gasteiger partial charge in [-0.25, -0.2) is 0 Å². The van der Waals surface area contributed by atoms with E-state index in [-0.39, 0.29) is 6.08 Å².